The molecule has 0 spiro atoms. The zero-order valence-electron chi connectivity index (χ0n) is 15.1. The van der Waals surface area contributed by atoms with E-state index in [0.29, 0.717) is 10.6 Å². The highest BCUT2D eigenvalue weighted by Crippen LogP contribution is 2.24. The van der Waals surface area contributed by atoms with E-state index in [1.165, 1.54) is 22.5 Å². The third kappa shape index (κ3) is 3.52. The first-order chi connectivity index (χ1) is 13.8. The number of amides is 3. The highest BCUT2D eigenvalue weighted by Gasteiger charge is 2.33. The van der Waals surface area contributed by atoms with Crippen LogP contribution in [0.15, 0.2) is 47.4 Å². The van der Waals surface area contributed by atoms with Crippen molar-refractivity contribution in [2.45, 2.75) is 4.90 Å². The molecule has 1 fully saturated rings. The SMILES string of the molecule is O=C1NC(=O)c2cc(S(=O)(=O)N3CCN(C(=O)c4cccc(Cl)c4)CC3)ccc21. The predicted molar refractivity (Wildman–Crippen MR) is 104 cm³/mol. The number of benzene rings is 2. The number of nitrogens with one attached hydrogen (secondary N) is 1. The lowest BCUT2D eigenvalue weighted by molar-refractivity contribution is 0.0697. The largest absolute Gasteiger partial charge is 0.336 e. The van der Waals surface area contributed by atoms with E-state index in [1.54, 1.807) is 29.2 Å². The van der Waals surface area contributed by atoms with Gasteiger partial charge in [-0.2, -0.15) is 4.31 Å². The molecule has 2 aliphatic rings. The van der Waals surface area contributed by atoms with Crippen molar-refractivity contribution in [2.24, 2.45) is 0 Å². The maximum absolute atomic E-state index is 13.0. The molecule has 29 heavy (non-hydrogen) atoms. The van der Waals surface area contributed by atoms with Crippen LogP contribution in [0.2, 0.25) is 5.02 Å². The standard InChI is InChI=1S/C19H16ClN3O5S/c20-13-3-1-2-12(10-13)19(26)22-6-8-23(9-7-22)29(27,28)14-4-5-15-16(11-14)18(25)21-17(15)24/h1-5,10-11H,6-9H2,(H,21,24,25). The van der Waals surface area contributed by atoms with Crippen LogP contribution in [0.4, 0.5) is 0 Å². The maximum Gasteiger partial charge on any atom is 0.258 e. The van der Waals surface area contributed by atoms with Crippen LogP contribution in [-0.2, 0) is 10.0 Å². The Hall–Kier alpha value is -2.75. The molecule has 0 radical (unpaired) electrons. The lowest BCUT2D eigenvalue weighted by atomic mass is 10.1. The van der Waals surface area contributed by atoms with Crippen molar-refractivity contribution in [2.75, 3.05) is 26.2 Å². The van der Waals surface area contributed by atoms with E-state index >= 15 is 0 Å². The molecule has 1 saturated heterocycles. The minimum atomic E-state index is -3.86. The lowest BCUT2D eigenvalue weighted by Crippen LogP contribution is -2.50. The molecule has 0 bridgehead atoms. The molecule has 150 valence electrons. The van der Waals surface area contributed by atoms with Gasteiger partial charge in [0, 0.05) is 36.8 Å². The van der Waals surface area contributed by atoms with Gasteiger partial charge in [-0.05, 0) is 36.4 Å². The van der Waals surface area contributed by atoms with Crippen molar-refractivity contribution in [3.8, 4) is 0 Å². The molecule has 2 heterocycles. The summed E-state index contributed by atoms with van der Waals surface area (Å²) in [5, 5.41) is 2.59. The lowest BCUT2D eigenvalue weighted by Gasteiger charge is -2.34. The van der Waals surface area contributed by atoms with Crippen LogP contribution in [0.5, 0.6) is 0 Å². The van der Waals surface area contributed by atoms with Crippen molar-refractivity contribution < 1.29 is 22.8 Å². The number of carbonyl (C=O) groups excluding carboxylic acids is 3. The van der Waals surface area contributed by atoms with Crippen molar-refractivity contribution in [1.29, 1.82) is 0 Å². The Morgan fingerprint density at radius 2 is 1.62 bits per heavy atom. The smallest absolute Gasteiger partial charge is 0.258 e. The van der Waals surface area contributed by atoms with E-state index < -0.39 is 21.8 Å². The first kappa shape index (κ1) is 19.6. The topological polar surface area (TPSA) is 104 Å². The average Bonchev–Trinajstić information content (AvgIpc) is 3.01. The molecule has 0 unspecified atom stereocenters. The van der Waals surface area contributed by atoms with Gasteiger partial charge in [0.15, 0.2) is 0 Å². The number of rotatable bonds is 3. The quantitative estimate of drug-likeness (QED) is 0.736. The zero-order valence-corrected chi connectivity index (χ0v) is 16.7. The molecule has 2 aliphatic heterocycles. The van der Waals surface area contributed by atoms with E-state index in [2.05, 4.69) is 5.32 Å². The van der Waals surface area contributed by atoms with E-state index in [-0.39, 0.29) is 48.1 Å². The van der Waals surface area contributed by atoms with Gasteiger partial charge in [0.1, 0.15) is 0 Å². The van der Waals surface area contributed by atoms with E-state index in [4.69, 9.17) is 11.6 Å². The Morgan fingerprint density at radius 3 is 2.31 bits per heavy atom. The van der Waals surface area contributed by atoms with Crippen molar-refractivity contribution in [3.63, 3.8) is 0 Å². The molecule has 0 aromatic heterocycles. The van der Waals surface area contributed by atoms with Crippen molar-refractivity contribution in [3.05, 3.63) is 64.2 Å². The second-order valence-corrected chi connectivity index (χ2v) is 9.07. The molecular weight excluding hydrogens is 418 g/mol. The van der Waals surface area contributed by atoms with Crippen LogP contribution in [0.3, 0.4) is 0 Å². The number of hydrogen-bond donors (Lipinski definition) is 1. The number of carbonyl (C=O) groups is 3. The van der Waals surface area contributed by atoms with Gasteiger partial charge in [-0.15, -0.1) is 0 Å². The predicted octanol–water partition coefficient (Wildman–Crippen LogP) is 1.37. The average molecular weight is 434 g/mol. The van der Waals surface area contributed by atoms with Crippen molar-refractivity contribution >= 4 is 39.3 Å². The molecule has 0 aliphatic carbocycles. The minimum absolute atomic E-state index is 0.0471. The Kier molecular flexibility index (Phi) is 4.89. The first-order valence-corrected chi connectivity index (χ1v) is 10.6. The molecule has 10 heteroatoms. The maximum atomic E-state index is 13.0. The Balaban J connectivity index is 1.50. The number of halogens is 1. The second-order valence-electron chi connectivity index (χ2n) is 6.70. The third-order valence-electron chi connectivity index (χ3n) is 4.94. The summed E-state index contributed by atoms with van der Waals surface area (Å²) in [7, 11) is -3.86. The third-order valence-corrected chi connectivity index (χ3v) is 7.07. The molecule has 0 saturated carbocycles. The van der Waals surface area contributed by atoms with E-state index in [1.807, 2.05) is 0 Å². The van der Waals surface area contributed by atoms with Crippen LogP contribution < -0.4 is 5.32 Å². The monoisotopic (exact) mass is 433 g/mol. The molecule has 3 amide bonds. The summed E-state index contributed by atoms with van der Waals surface area (Å²) in [5.41, 5.74) is 0.653. The van der Waals surface area contributed by atoms with E-state index in [0.717, 1.165) is 0 Å². The van der Waals surface area contributed by atoms with Crippen LogP contribution in [-0.4, -0.2) is 61.5 Å². The van der Waals surface area contributed by atoms with Gasteiger partial charge in [0.05, 0.1) is 16.0 Å². The van der Waals surface area contributed by atoms with Gasteiger partial charge in [0.25, 0.3) is 17.7 Å². The minimum Gasteiger partial charge on any atom is -0.336 e. The summed E-state index contributed by atoms with van der Waals surface area (Å²) in [6.07, 6.45) is 0. The number of imide groups is 1. The molecule has 1 N–H and O–H groups in total. The summed E-state index contributed by atoms with van der Waals surface area (Å²) in [6.45, 7) is 0.705. The van der Waals surface area contributed by atoms with Crippen molar-refractivity contribution in [1.82, 2.24) is 14.5 Å². The number of hydrogen-bond acceptors (Lipinski definition) is 5. The van der Waals surface area contributed by atoms with Gasteiger partial charge in [0.2, 0.25) is 10.0 Å². The normalized spacial score (nSPS) is 17.2. The van der Waals surface area contributed by atoms with E-state index in [9.17, 15) is 22.8 Å². The fraction of sp³-hybridized carbons (Fsp3) is 0.211. The summed E-state index contributed by atoms with van der Waals surface area (Å²) in [4.78, 5) is 37.6. The number of fused-ring (bicyclic) bond motifs is 1. The summed E-state index contributed by atoms with van der Waals surface area (Å²) >= 11 is 5.93. The Bertz CT molecular complexity index is 1140. The molecule has 2 aromatic rings. The molecule has 2 aromatic carbocycles. The van der Waals surface area contributed by atoms with Crippen LogP contribution >= 0.6 is 11.6 Å². The number of piperazine rings is 1. The summed E-state index contributed by atoms with van der Waals surface area (Å²) in [5.74, 6) is -1.36. The Labute approximate surface area is 172 Å². The van der Waals surface area contributed by atoms with Gasteiger partial charge < -0.3 is 4.90 Å². The number of nitrogens with zero attached hydrogens (tertiary/aromatic N) is 2. The van der Waals surface area contributed by atoms with Gasteiger partial charge in [-0.1, -0.05) is 17.7 Å². The van der Waals surface area contributed by atoms with Gasteiger partial charge in [-0.25, -0.2) is 8.42 Å². The van der Waals surface area contributed by atoms with Crippen LogP contribution in [0.25, 0.3) is 0 Å². The molecule has 8 nitrogen and oxygen atoms in total. The Morgan fingerprint density at radius 1 is 0.931 bits per heavy atom. The molecular formula is C19H16ClN3O5S. The van der Waals surface area contributed by atoms with Gasteiger partial charge >= 0.3 is 0 Å². The van der Waals surface area contributed by atoms with Crippen LogP contribution in [0, 0.1) is 0 Å². The van der Waals surface area contributed by atoms with Crippen LogP contribution in [0.1, 0.15) is 31.1 Å². The number of sulfonamides is 1. The summed E-state index contributed by atoms with van der Waals surface area (Å²) < 4.78 is 27.2. The summed E-state index contributed by atoms with van der Waals surface area (Å²) in [6, 6.07) is 10.5. The first-order valence-electron chi connectivity index (χ1n) is 8.82. The zero-order chi connectivity index (χ0) is 20.8. The fourth-order valence-electron chi connectivity index (χ4n) is 3.39. The molecule has 0 atom stereocenters. The molecule has 4 rings (SSSR count). The second kappa shape index (κ2) is 7.25. The highest BCUT2D eigenvalue weighted by atomic mass is 35.5. The highest BCUT2D eigenvalue weighted by molar-refractivity contribution is 7.89. The fourth-order valence-corrected chi connectivity index (χ4v) is 5.03. The van der Waals surface area contributed by atoms with Gasteiger partial charge in [-0.3, -0.25) is 19.7 Å².